The molecule has 0 bridgehead atoms. The lowest BCUT2D eigenvalue weighted by Crippen LogP contribution is -2.64. The van der Waals surface area contributed by atoms with Crippen molar-refractivity contribution in [3.05, 3.63) is 44.8 Å². The van der Waals surface area contributed by atoms with Gasteiger partial charge in [-0.15, -0.1) is 22.7 Å². The minimum atomic E-state index is -0.223. The van der Waals surface area contributed by atoms with Crippen molar-refractivity contribution >= 4 is 28.6 Å². The highest BCUT2D eigenvalue weighted by Gasteiger charge is 2.45. The van der Waals surface area contributed by atoms with Crippen molar-refractivity contribution in [1.29, 1.82) is 0 Å². The Morgan fingerprint density at radius 3 is 2.81 bits per heavy atom. The van der Waals surface area contributed by atoms with E-state index in [4.69, 9.17) is 4.74 Å². The van der Waals surface area contributed by atoms with E-state index in [-0.39, 0.29) is 17.6 Å². The minimum Gasteiger partial charge on any atom is -0.370 e. The van der Waals surface area contributed by atoms with E-state index in [1.54, 1.807) is 11.3 Å². The molecule has 1 saturated carbocycles. The van der Waals surface area contributed by atoms with Crippen molar-refractivity contribution in [2.24, 2.45) is 0 Å². The molecule has 1 spiro atoms. The van der Waals surface area contributed by atoms with Crippen LogP contribution in [-0.4, -0.2) is 42.1 Å². The van der Waals surface area contributed by atoms with E-state index in [2.05, 4.69) is 27.7 Å². The molecule has 0 radical (unpaired) electrons. The summed E-state index contributed by atoms with van der Waals surface area (Å²) >= 11 is 3.46. The monoisotopic (exact) mass is 390 g/mol. The van der Waals surface area contributed by atoms with Gasteiger partial charge in [-0.05, 0) is 35.7 Å². The van der Waals surface area contributed by atoms with Gasteiger partial charge in [0, 0.05) is 29.4 Å². The molecule has 1 N–H and O–H groups in total. The van der Waals surface area contributed by atoms with Crippen LogP contribution in [0.5, 0.6) is 0 Å². The first-order chi connectivity index (χ1) is 12.7. The van der Waals surface area contributed by atoms with Crippen molar-refractivity contribution in [2.45, 2.75) is 50.3 Å². The third-order valence-electron chi connectivity index (χ3n) is 5.48. The second kappa shape index (κ2) is 8.21. The van der Waals surface area contributed by atoms with Gasteiger partial charge in [-0.2, -0.15) is 0 Å². The molecular formula is C20H26N2O2S2. The highest BCUT2D eigenvalue weighted by atomic mass is 32.1. The van der Waals surface area contributed by atoms with Crippen LogP contribution in [0, 0.1) is 0 Å². The maximum atomic E-state index is 12.6. The van der Waals surface area contributed by atoms with Gasteiger partial charge < -0.3 is 10.1 Å². The van der Waals surface area contributed by atoms with E-state index in [9.17, 15) is 4.79 Å². The number of carbonyl (C=O) groups excluding carboxylic acids is 1. The number of amides is 1. The Hall–Kier alpha value is -1.21. The molecule has 3 heterocycles. The van der Waals surface area contributed by atoms with Gasteiger partial charge in [-0.25, -0.2) is 0 Å². The van der Waals surface area contributed by atoms with Gasteiger partial charge >= 0.3 is 0 Å². The van der Waals surface area contributed by atoms with E-state index < -0.39 is 0 Å². The Morgan fingerprint density at radius 1 is 1.23 bits per heavy atom. The number of hydrogen-bond donors (Lipinski definition) is 1. The lowest BCUT2D eigenvalue weighted by Gasteiger charge is -2.49. The lowest BCUT2D eigenvalue weighted by molar-refractivity contribution is -0.151. The van der Waals surface area contributed by atoms with Gasteiger partial charge in [0.25, 0.3) is 0 Å². The van der Waals surface area contributed by atoms with Gasteiger partial charge in [0.15, 0.2) is 0 Å². The molecule has 1 amide bonds. The predicted molar refractivity (Wildman–Crippen MR) is 107 cm³/mol. The first kappa shape index (κ1) is 18.2. The fraction of sp³-hybridized carbons (Fsp3) is 0.550. The molecule has 140 valence electrons. The van der Waals surface area contributed by atoms with Crippen LogP contribution in [0.1, 0.15) is 35.4 Å². The van der Waals surface area contributed by atoms with Crippen LogP contribution >= 0.6 is 22.7 Å². The first-order valence-corrected chi connectivity index (χ1v) is 11.2. The topological polar surface area (TPSA) is 41.6 Å². The van der Waals surface area contributed by atoms with E-state index in [1.165, 1.54) is 17.7 Å². The molecule has 26 heavy (non-hydrogen) atoms. The third-order valence-corrected chi connectivity index (χ3v) is 7.21. The summed E-state index contributed by atoms with van der Waals surface area (Å²) in [4.78, 5) is 17.6. The molecule has 2 atom stereocenters. The molecule has 4 rings (SSSR count). The highest BCUT2D eigenvalue weighted by molar-refractivity contribution is 7.10. The zero-order valence-electron chi connectivity index (χ0n) is 15.0. The summed E-state index contributed by atoms with van der Waals surface area (Å²) in [5, 5.41) is 7.48. The normalized spacial score (nSPS) is 26.8. The predicted octanol–water partition coefficient (Wildman–Crippen LogP) is 3.68. The fourth-order valence-corrected chi connectivity index (χ4v) is 5.68. The molecule has 0 aromatic carbocycles. The van der Waals surface area contributed by atoms with Crippen molar-refractivity contribution in [2.75, 3.05) is 19.7 Å². The zero-order valence-corrected chi connectivity index (χ0v) is 16.6. The zero-order chi connectivity index (χ0) is 17.8. The number of carbonyl (C=O) groups is 1. The maximum absolute atomic E-state index is 12.6. The Bertz CT molecular complexity index is 697. The van der Waals surface area contributed by atoms with Crippen LogP contribution in [0.2, 0.25) is 0 Å². The van der Waals surface area contributed by atoms with Gasteiger partial charge in [0.2, 0.25) is 5.91 Å². The van der Waals surface area contributed by atoms with E-state index in [0.717, 1.165) is 44.0 Å². The summed E-state index contributed by atoms with van der Waals surface area (Å²) in [7, 11) is 0. The number of hydrogen-bond acceptors (Lipinski definition) is 5. The Kier molecular flexibility index (Phi) is 5.74. The maximum Gasteiger partial charge on any atom is 0.225 e. The minimum absolute atomic E-state index is 0.120. The number of thiophene rings is 2. The number of nitrogens with zero attached hydrogens (tertiary/aromatic N) is 1. The van der Waals surface area contributed by atoms with E-state index in [1.807, 2.05) is 28.8 Å². The summed E-state index contributed by atoms with van der Waals surface area (Å²) in [6, 6.07) is 8.47. The van der Waals surface area contributed by atoms with Crippen LogP contribution in [0.15, 0.2) is 35.0 Å². The summed E-state index contributed by atoms with van der Waals surface area (Å²) in [6.07, 6.45) is 4.88. The molecular weight excluding hydrogens is 364 g/mol. The SMILES string of the molecule is O=C(Cc1cccs1)N[C@H]1CCCC[C@@]12CN(Cc1cccs1)CCO2. The lowest BCUT2D eigenvalue weighted by atomic mass is 9.78. The molecule has 6 heteroatoms. The molecule has 1 saturated heterocycles. The Labute approximate surface area is 163 Å². The molecule has 2 aromatic heterocycles. The molecule has 0 unspecified atom stereocenters. The number of rotatable bonds is 5. The number of nitrogens with one attached hydrogen (secondary N) is 1. The fourth-order valence-electron chi connectivity index (χ4n) is 4.23. The molecule has 2 aliphatic rings. The molecule has 2 fully saturated rings. The van der Waals surface area contributed by atoms with Gasteiger partial charge in [0.1, 0.15) is 5.60 Å². The summed E-state index contributed by atoms with van der Waals surface area (Å²) in [5.74, 6) is 0.123. The molecule has 2 aromatic rings. The largest absolute Gasteiger partial charge is 0.370 e. The summed E-state index contributed by atoms with van der Waals surface area (Å²) in [5.41, 5.74) is -0.223. The molecule has 4 nitrogen and oxygen atoms in total. The van der Waals surface area contributed by atoms with Crippen LogP contribution < -0.4 is 5.32 Å². The van der Waals surface area contributed by atoms with Gasteiger partial charge in [-0.1, -0.05) is 25.0 Å². The third kappa shape index (κ3) is 4.19. The van der Waals surface area contributed by atoms with Crippen LogP contribution in [0.3, 0.4) is 0 Å². The highest BCUT2D eigenvalue weighted by Crippen LogP contribution is 2.35. The van der Waals surface area contributed by atoms with E-state index in [0.29, 0.717) is 6.42 Å². The quantitative estimate of drug-likeness (QED) is 0.847. The first-order valence-electron chi connectivity index (χ1n) is 9.44. The second-order valence-electron chi connectivity index (χ2n) is 7.33. The number of ether oxygens (including phenoxy) is 1. The van der Waals surface area contributed by atoms with Crippen molar-refractivity contribution < 1.29 is 9.53 Å². The van der Waals surface area contributed by atoms with Crippen LogP contribution in [-0.2, 0) is 22.5 Å². The Balaban J connectivity index is 1.42. The summed E-state index contributed by atoms with van der Waals surface area (Å²) < 4.78 is 6.35. The second-order valence-corrected chi connectivity index (χ2v) is 9.39. The number of morpholine rings is 1. The van der Waals surface area contributed by atoms with Gasteiger partial charge in [-0.3, -0.25) is 9.69 Å². The smallest absolute Gasteiger partial charge is 0.225 e. The van der Waals surface area contributed by atoms with E-state index >= 15 is 0 Å². The molecule has 1 aliphatic carbocycles. The van der Waals surface area contributed by atoms with Crippen molar-refractivity contribution in [3.63, 3.8) is 0 Å². The summed E-state index contributed by atoms with van der Waals surface area (Å²) in [6.45, 7) is 3.62. The Morgan fingerprint density at radius 2 is 2.04 bits per heavy atom. The van der Waals surface area contributed by atoms with Gasteiger partial charge in [0.05, 0.1) is 19.1 Å². The standard InChI is InChI=1S/C20H26N2O2S2/c23-19(13-16-5-3-11-25-16)21-18-7-1-2-8-20(18)15-22(9-10-24-20)14-17-6-4-12-26-17/h3-6,11-12,18H,1-2,7-10,13-15H2,(H,21,23)/t18-,20+/m0/s1. The van der Waals surface area contributed by atoms with Crippen LogP contribution in [0.25, 0.3) is 0 Å². The van der Waals surface area contributed by atoms with Crippen molar-refractivity contribution in [3.8, 4) is 0 Å². The average molecular weight is 391 g/mol. The van der Waals surface area contributed by atoms with Crippen LogP contribution in [0.4, 0.5) is 0 Å². The van der Waals surface area contributed by atoms with Crippen molar-refractivity contribution in [1.82, 2.24) is 10.2 Å². The molecule has 1 aliphatic heterocycles. The average Bonchev–Trinajstić information content (AvgIpc) is 3.31.